The van der Waals surface area contributed by atoms with E-state index in [1.807, 2.05) is 54.6 Å². The Morgan fingerprint density at radius 2 is 1.52 bits per heavy atom. The maximum Gasteiger partial charge on any atom is 0.261 e. The minimum Gasteiger partial charge on any atom is -0.496 e. The van der Waals surface area contributed by atoms with Crippen LogP contribution >= 0.6 is 0 Å². The molecule has 0 atom stereocenters. The van der Waals surface area contributed by atoms with Gasteiger partial charge in [-0.3, -0.25) is 14.5 Å². The molecule has 0 radical (unpaired) electrons. The number of methoxy groups -OCH3 is 1. The Bertz CT molecular complexity index is 1330. The number of nitrogens with one attached hydrogen (secondary N) is 1. The molecule has 4 aromatic rings. The molecule has 5 rings (SSSR count). The van der Waals surface area contributed by atoms with Crippen molar-refractivity contribution in [1.82, 2.24) is 14.9 Å². The number of hydrogen-bond donors (Lipinski definition) is 1. The summed E-state index contributed by atoms with van der Waals surface area (Å²) in [5, 5.41) is 3.28. The SMILES string of the molecule is COc1ccccc1-c1cc(Nc2cccc(CN3C(=O)c4ccccc4C3=O)c2)ncn1. The number of ether oxygens (including phenoxy) is 1. The standard InChI is InChI=1S/C26H20N4O3/c1-33-23-12-5-4-11-21(23)22-14-24(28-16-27-22)29-18-8-6-7-17(13-18)15-30-25(31)19-9-2-3-10-20(19)26(30)32/h2-14,16H,15H2,1H3,(H,27,28,29). The van der Waals surface area contributed by atoms with E-state index in [4.69, 9.17) is 4.74 Å². The van der Waals surface area contributed by atoms with Gasteiger partial charge in [-0.25, -0.2) is 9.97 Å². The molecule has 0 bridgehead atoms. The van der Waals surface area contributed by atoms with E-state index in [0.29, 0.717) is 16.9 Å². The summed E-state index contributed by atoms with van der Waals surface area (Å²) < 4.78 is 5.44. The van der Waals surface area contributed by atoms with Crippen molar-refractivity contribution in [2.45, 2.75) is 6.54 Å². The molecule has 1 aromatic heterocycles. The Morgan fingerprint density at radius 1 is 0.818 bits per heavy atom. The van der Waals surface area contributed by atoms with Crippen molar-refractivity contribution in [2.24, 2.45) is 0 Å². The number of anilines is 2. The van der Waals surface area contributed by atoms with Crippen molar-refractivity contribution in [3.05, 3.63) is 102 Å². The van der Waals surface area contributed by atoms with Crippen LogP contribution in [0.25, 0.3) is 11.3 Å². The van der Waals surface area contributed by atoms with Crippen LogP contribution < -0.4 is 10.1 Å². The number of aromatic nitrogens is 2. The second-order valence-corrected chi connectivity index (χ2v) is 7.56. The summed E-state index contributed by atoms with van der Waals surface area (Å²) in [4.78, 5) is 35.3. The lowest BCUT2D eigenvalue weighted by Gasteiger charge is -2.15. The first-order valence-corrected chi connectivity index (χ1v) is 10.4. The van der Waals surface area contributed by atoms with Crippen molar-refractivity contribution < 1.29 is 14.3 Å². The molecule has 2 amide bonds. The van der Waals surface area contributed by atoms with E-state index >= 15 is 0 Å². The Morgan fingerprint density at radius 3 is 2.24 bits per heavy atom. The molecule has 33 heavy (non-hydrogen) atoms. The highest BCUT2D eigenvalue weighted by Crippen LogP contribution is 2.30. The molecule has 1 aliphatic rings. The highest BCUT2D eigenvalue weighted by molar-refractivity contribution is 6.21. The van der Waals surface area contributed by atoms with Crippen molar-refractivity contribution in [3.63, 3.8) is 0 Å². The van der Waals surface area contributed by atoms with Crippen molar-refractivity contribution in [3.8, 4) is 17.0 Å². The first kappa shape index (κ1) is 20.4. The maximum atomic E-state index is 12.7. The minimum absolute atomic E-state index is 0.193. The van der Waals surface area contributed by atoms with Gasteiger partial charge in [-0.15, -0.1) is 0 Å². The fraction of sp³-hybridized carbons (Fsp3) is 0.0769. The minimum atomic E-state index is -0.272. The van der Waals surface area contributed by atoms with Crippen LogP contribution in [-0.4, -0.2) is 33.8 Å². The third-order valence-electron chi connectivity index (χ3n) is 5.47. The third kappa shape index (κ3) is 3.92. The van der Waals surface area contributed by atoms with E-state index in [9.17, 15) is 9.59 Å². The second kappa shape index (κ2) is 8.55. The number of imide groups is 1. The third-order valence-corrected chi connectivity index (χ3v) is 5.47. The van der Waals surface area contributed by atoms with E-state index in [2.05, 4.69) is 15.3 Å². The number of amides is 2. The normalized spacial score (nSPS) is 12.6. The van der Waals surface area contributed by atoms with Crippen LogP contribution in [0.15, 0.2) is 85.2 Å². The Balaban J connectivity index is 1.36. The molecule has 3 aromatic carbocycles. The molecule has 0 spiro atoms. The fourth-order valence-corrected chi connectivity index (χ4v) is 3.89. The van der Waals surface area contributed by atoms with Gasteiger partial charge in [0.05, 0.1) is 30.5 Å². The van der Waals surface area contributed by atoms with Crippen LogP contribution in [0.1, 0.15) is 26.3 Å². The van der Waals surface area contributed by atoms with E-state index in [0.717, 1.165) is 28.3 Å². The molecule has 0 saturated heterocycles. The summed E-state index contributed by atoms with van der Waals surface area (Å²) in [7, 11) is 1.62. The van der Waals surface area contributed by atoms with Crippen LogP contribution in [-0.2, 0) is 6.54 Å². The first-order chi connectivity index (χ1) is 16.1. The van der Waals surface area contributed by atoms with E-state index in [1.165, 1.54) is 11.2 Å². The van der Waals surface area contributed by atoms with Crippen LogP contribution in [0.5, 0.6) is 5.75 Å². The second-order valence-electron chi connectivity index (χ2n) is 7.56. The molecule has 162 valence electrons. The molecule has 0 unspecified atom stereocenters. The van der Waals surface area contributed by atoms with Crippen molar-refractivity contribution in [1.29, 1.82) is 0 Å². The van der Waals surface area contributed by atoms with Gasteiger partial charge in [0.15, 0.2) is 0 Å². The zero-order valence-corrected chi connectivity index (χ0v) is 17.9. The summed E-state index contributed by atoms with van der Waals surface area (Å²) >= 11 is 0. The molecular weight excluding hydrogens is 416 g/mol. The van der Waals surface area contributed by atoms with Crippen LogP contribution in [0.3, 0.4) is 0 Å². The maximum absolute atomic E-state index is 12.7. The highest BCUT2D eigenvalue weighted by Gasteiger charge is 2.34. The molecule has 0 saturated carbocycles. The topological polar surface area (TPSA) is 84.4 Å². The Hall–Kier alpha value is -4.52. The largest absolute Gasteiger partial charge is 0.496 e. The van der Waals surface area contributed by atoms with E-state index < -0.39 is 0 Å². The summed E-state index contributed by atoms with van der Waals surface area (Å²) in [5.41, 5.74) is 4.10. The molecular formula is C26H20N4O3. The molecule has 2 heterocycles. The molecule has 1 N–H and O–H groups in total. The predicted octanol–water partition coefficient (Wildman–Crippen LogP) is 4.69. The average molecular weight is 436 g/mol. The summed E-state index contributed by atoms with van der Waals surface area (Å²) in [6, 6.07) is 23.9. The smallest absolute Gasteiger partial charge is 0.261 e. The molecule has 7 heteroatoms. The zero-order chi connectivity index (χ0) is 22.8. The lowest BCUT2D eigenvalue weighted by Crippen LogP contribution is -2.29. The molecule has 0 aliphatic carbocycles. The van der Waals surface area contributed by atoms with Crippen LogP contribution in [0, 0.1) is 0 Å². The van der Waals surface area contributed by atoms with Crippen molar-refractivity contribution in [2.75, 3.05) is 12.4 Å². The van der Waals surface area contributed by atoms with Gasteiger partial charge in [0, 0.05) is 17.3 Å². The van der Waals surface area contributed by atoms with Crippen LogP contribution in [0.4, 0.5) is 11.5 Å². The van der Waals surface area contributed by atoms with Gasteiger partial charge in [0.1, 0.15) is 17.9 Å². The van der Waals surface area contributed by atoms with Gasteiger partial charge in [-0.2, -0.15) is 0 Å². The lowest BCUT2D eigenvalue weighted by atomic mass is 10.1. The van der Waals surface area contributed by atoms with Crippen LogP contribution in [0.2, 0.25) is 0 Å². The monoisotopic (exact) mass is 436 g/mol. The van der Waals surface area contributed by atoms with E-state index in [1.54, 1.807) is 31.4 Å². The van der Waals surface area contributed by atoms with Gasteiger partial charge < -0.3 is 10.1 Å². The van der Waals surface area contributed by atoms with Gasteiger partial charge >= 0.3 is 0 Å². The number of fused-ring (bicyclic) bond motifs is 1. The number of nitrogens with zero attached hydrogens (tertiary/aromatic N) is 3. The number of benzene rings is 3. The van der Waals surface area contributed by atoms with Gasteiger partial charge in [0.25, 0.3) is 11.8 Å². The van der Waals surface area contributed by atoms with Gasteiger partial charge in [-0.1, -0.05) is 36.4 Å². The van der Waals surface area contributed by atoms with Crippen molar-refractivity contribution >= 4 is 23.3 Å². The predicted molar refractivity (Wildman–Crippen MR) is 124 cm³/mol. The average Bonchev–Trinajstić information content (AvgIpc) is 3.09. The zero-order valence-electron chi connectivity index (χ0n) is 17.9. The Kier molecular flexibility index (Phi) is 5.28. The number of rotatable bonds is 6. The number of hydrogen-bond acceptors (Lipinski definition) is 6. The highest BCUT2D eigenvalue weighted by atomic mass is 16.5. The summed E-state index contributed by atoms with van der Waals surface area (Å²) in [6.07, 6.45) is 1.49. The van der Waals surface area contributed by atoms with Gasteiger partial charge in [-0.05, 0) is 42.0 Å². The summed E-state index contributed by atoms with van der Waals surface area (Å²) in [5.74, 6) is 0.798. The number of carbonyl (C=O) groups is 2. The first-order valence-electron chi connectivity index (χ1n) is 10.4. The number of carbonyl (C=O) groups excluding carboxylic acids is 2. The van der Waals surface area contributed by atoms with E-state index in [-0.39, 0.29) is 18.4 Å². The lowest BCUT2D eigenvalue weighted by molar-refractivity contribution is 0.0642. The molecule has 0 fully saturated rings. The van der Waals surface area contributed by atoms with Gasteiger partial charge in [0.2, 0.25) is 0 Å². The molecule has 7 nitrogen and oxygen atoms in total. The Labute approximate surface area is 190 Å². The fourth-order valence-electron chi connectivity index (χ4n) is 3.89. The quantitative estimate of drug-likeness (QED) is 0.442. The molecule has 1 aliphatic heterocycles. The summed E-state index contributed by atoms with van der Waals surface area (Å²) in [6.45, 7) is 0.193. The number of para-hydroxylation sites is 1.